The van der Waals surface area contributed by atoms with Gasteiger partial charge in [-0.2, -0.15) is 0 Å². The van der Waals surface area contributed by atoms with Crippen LogP contribution in [-0.2, 0) is 68.8 Å². The lowest BCUT2D eigenvalue weighted by Gasteiger charge is -2.31. The van der Waals surface area contributed by atoms with E-state index in [-0.39, 0.29) is 143 Å². The highest BCUT2D eigenvalue weighted by atomic mass is 16.6. The standard InChI is InChI=1S/C79H140N14O13/c1-14-17-21-32-57(33-25-40-68(95)70(54(10)11)92-75(101)61(37-27-42-81)84-55(12)94)71(97)89-64(46-52(6)7)77(103)87-63(38-28-43-82)74(100)91-66(48-56-30-23-20-24-31-56)79(105)93-44-29-39-67(93)78(104)88-62(35-22-18-15-2)73(99)90-65(47-53(8)9)76(102)86-60(36-26-41-80)69(96)49-58(45-51(4)5)72(98)85-59(34-19-16-3)50-106-83-13/h20,23-24,30-31,51-54,57-67,70,83H,14-19,21-22,25-29,32-50,80-82H2,1-13H3,(H,84,94)(H,85,98)(H,86,102)(H,87,103)(H,88,104)(H,89,97)(H,90,99)(H,91,100)(H,92,101). The number of hydroxylamine groups is 1. The molecule has 0 spiro atoms. The van der Waals surface area contributed by atoms with Crippen LogP contribution in [0.4, 0.5) is 0 Å². The van der Waals surface area contributed by atoms with Gasteiger partial charge < -0.3 is 70.0 Å². The molecule has 16 N–H and O–H groups in total. The fraction of sp³-hybridized carbons (Fsp3) is 0.772. The lowest BCUT2D eigenvalue weighted by molar-refractivity contribution is -0.142. The number of amides is 10. The number of nitrogens with zero attached hydrogens (tertiary/aromatic N) is 1. The second-order valence-electron chi connectivity index (χ2n) is 30.7. The van der Waals surface area contributed by atoms with E-state index in [1.807, 2.05) is 87.4 Å². The molecule has 0 aliphatic carbocycles. The molecule has 0 radical (unpaired) electrons. The predicted octanol–water partition coefficient (Wildman–Crippen LogP) is 6.05. The average Bonchev–Trinajstić information content (AvgIpc) is 1.59. The Morgan fingerprint density at radius 1 is 0.472 bits per heavy atom. The maximum absolute atomic E-state index is 15.2. The molecule has 12 atom stereocenters. The van der Waals surface area contributed by atoms with Crippen molar-refractivity contribution in [2.75, 3.05) is 39.8 Å². The number of hydrogen-bond acceptors (Lipinski definition) is 17. The van der Waals surface area contributed by atoms with Gasteiger partial charge in [-0.1, -0.05) is 158 Å². The minimum absolute atomic E-state index is 0.00636. The number of Topliss-reactive ketones (excluding diaryl/α,β-unsaturated/α-hetero) is 2. The molecule has 2 rings (SSSR count). The minimum atomic E-state index is -1.25. The molecule has 1 aliphatic rings. The average molecular weight is 1490 g/mol. The van der Waals surface area contributed by atoms with E-state index < -0.39 is 108 Å². The molecule has 1 aliphatic heterocycles. The van der Waals surface area contributed by atoms with Crippen molar-refractivity contribution in [3.05, 3.63) is 35.9 Å². The Morgan fingerprint density at radius 3 is 1.46 bits per heavy atom. The number of rotatable bonds is 58. The first-order valence-electron chi connectivity index (χ1n) is 40.0. The van der Waals surface area contributed by atoms with E-state index in [0.29, 0.717) is 82.7 Å². The number of carbonyl (C=O) groups is 12. The van der Waals surface area contributed by atoms with Gasteiger partial charge in [-0.05, 0) is 152 Å². The molecule has 1 aromatic carbocycles. The van der Waals surface area contributed by atoms with Gasteiger partial charge in [0.2, 0.25) is 59.1 Å². The highest BCUT2D eigenvalue weighted by Crippen LogP contribution is 2.25. The number of benzene rings is 1. The fourth-order valence-electron chi connectivity index (χ4n) is 13.5. The molecule has 1 heterocycles. The topological polar surface area (TPSA) is 416 Å². The summed E-state index contributed by atoms with van der Waals surface area (Å²) in [7, 11) is 1.65. The zero-order valence-electron chi connectivity index (χ0n) is 66.7. The molecule has 0 bridgehead atoms. The van der Waals surface area contributed by atoms with Gasteiger partial charge >= 0.3 is 0 Å². The van der Waals surface area contributed by atoms with Gasteiger partial charge in [0, 0.05) is 51.6 Å². The third-order valence-electron chi connectivity index (χ3n) is 19.3. The summed E-state index contributed by atoms with van der Waals surface area (Å²) in [4.78, 5) is 178. The van der Waals surface area contributed by atoms with Crippen LogP contribution in [0.1, 0.15) is 256 Å². The van der Waals surface area contributed by atoms with Crippen LogP contribution < -0.4 is 70.5 Å². The second-order valence-corrected chi connectivity index (χ2v) is 30.7. The molecule has 604 valence electrons. The number of ketones is 2. The van der Waals surface area contributed by atoms with Crippen LogP contribution in [0.3, 0.4) is 0 Å². The number of nitrogens with one attached hydrogen (secondary N) is 10. The summed E-state index contributed by atoms with van der Waals surface area (Å²) in [5.41, 5.74) is 21.0. The summed E-state index contributed by atoms with van der Waals surface area (Å²) >= 11 is 0. The van der Waals surface area contributed by atoms with Gasteiger partial charge in [0.15, 0.2) is 11.6 Å². The van der Waals surface area contributed by atoms with Crippen LogP contribution in [-0.4, -0.2) is 176 Å². The van der Waals surface area contributed by atoms with Crippen LogP contribution >= 0.6 is 0 Å². The monoisotopic (exact) mass is 1490 g/mol. The van der Waals surface area contributed by atoms with Crippen molar-refractivity contribution >= 4 is 70.6 Å². The zero-order chi connectivity index (χ0) is 79.3. The molecule has 1 saturated heterocycles. The summed E-state index contributed by atoms with van der Waals surface area (Å²) in [5, 5.41) is 26.2. The van der Waals surface area contributed by atoms with Gasteiger partial charge in [-0.25, -0.2) is 5.48 Å². The van der Waals surface area contributed by atoms with E-state index in [0.717, 1.165) is 44.9 Å². The van der Waals surface area contributed by atoms with Crippen LogP contribution in [0.2, 0.25) is 0 Å². The molecule has 1 fully saturated rings. The van der Waals surface area contributed by atoms with E-state index in [1.165, 1.54) is 11.8 Å². The highest BCUT2D eigenvalue weighted by molar-refractivity contribution is 5.99. The molecule has 27 nitrogen and oxygen atoms in total. The SMILES string of the molecule is CCCCCC(CCCC(=O)C(NC(=O)C(CCCN)NC(C)=O)C(C)C)C(=O)NC(CC(C)C)C(=O)NC(CCCN)C(=O)NC(Cc1ccccc1)C(=O)N1CCCC1C(=O)NC(CCCCC)C(=O)NC(CC(C)C)C(=O)NC(CCCN)C(=O)CC(CC(C)C)C(=O)NC(CCCC)CONC. The van der Waals surface area contributed by atoms with Gasteiger partial charge in [0.05, 0.1) is 24.7 Å². The van der Waals surface area contributed by atoms with Crippen molar-refractivity contribution in [2.24, 2.45) is 52.7 Å². The maximum atomic E-state index is 15.2. The molecule has 10 amide bonds. The Bertz CT molecular complexity index is 2800. The first-order valence-corrected chi connectivity index (χ1v) is 40.0. The van der Waals surface area contributed by atoms with Crippen molar-refractivity contribution in [2.45, 2.75) is 317 Å². The summed E-state index contributed by atoms with van der Waals surface area (Å²) in [5.74, 6) is -7.45. The van der Waals surface area contributed by atoms with Gasteiger partial charge in [-0.3, -0.25) is 62.4 Å². The van der Waals surface area contributed by atoms with Crippen molar-refractivity contribution in [3.63, 3.8) is 0 Å². The molecular formula is C79H140N14O13. The molecule has 0 saturated carbocycles. The number of unbranched alkanes of at least 4 members (excludes halogenated alkanes) is 5. The Kier molecular flexibility index (Phi) is 48.3. The largest absolute Gasteiger partial charge is 0.351 e. The van der Waals surface area contributed by atoms with Crippen LogP contribution in [0.15, 0.2) is 30.3 Å². The maximum Gasteiger partial charge on any atom is 0.246 e. The van der Waals surface area contributed by atoms with Gasteiger partial charge in [0.1, 0.15) is 42.3 Å². The van der Waals surface area contributed by atoms with Crippen molar-refractivity contribution in [1.29, 1.82) is 0 Å². The lowest BCUT2D eigenvalue weighted by Crippen LogP contribution is -2.60. The number of likely N-dealkylation sites (tertiary alicyclic amines) is 1. The molecule has 27 heteroatoms. The first-order chi connectivity index (χ1) is 50.5. The second kappa shape index (κ2) is 53.8. The lowest BCUT2D eigenvalue weighted by atomic mass is 9.88. The van der Waals surface area contributed by atoms with Crippen LogP contribution in [0, 0.1) is 35.5 Å². The predicted molar refractivity (Wildman–Crippen MR) is 414 cm³/mol. The van der Waals surface area contributed by atoms with E-state index in [9.17, 15) is 52.7 Å². The molecule has 1 aromatic rings. The summed E-state index contributed by atoms with van der Waals surface area (Å²) < 4.78 is 0. The van der Waals surface area contributed by atoms with Crippen LogP contribution in [0.25, 0.3) is 0 Å². The van der Waals surface area contributed by atoms with E-state index in [2.05, 4.69) is 60.3 Å². The molecule has 0 aromatic heterocycles. The number of nitrogens with two attached hydrogens (primary N) is 3. The number of hydrogen-bond donors (Lipinski definition) is 13. The summed E-state index contributed by atoms with van der Waals surface area (Å²) in [6.45, 7) is 23.7. The van der Waals surface area contributed by atoms with Crippen molar-refractivity contribution in [1.82, 2.24) is 58.2 Å². The molecule has 12 unspecified atom stereocenters. The number of carbonyl (C=O) groups excluding carboxylic acids is 12. The fourth-order valence-corrected chi connectivity index (χ4v) is 13.5. The summed E-state index contributed by atoms with van der Waals surface area (Å²) in [6, 6.07) is -0.865. The van der Waals surface area contributed by atoms with Gasteiger partial charge in [-0.15, -0.1) is 0 Å². The Balaban J connectivity index is 2.48. The third-order valence-corrected chi connectivity index (χ3v) is 19.3. The van der Waals surface area contributed by atoms with Gasteiger partial charge in [0.25, 0.3) is 0 Å². The molecular weight excluding hydrogens is 1350 g/mol. The Labute approximate surface area is 633 Å². The third kappa shape index (κ3) is 37.2. The quantitative estimate of drug-likeness (QED) is 0.0261. The molecule has 106 heavy (non-hydrogen) atoms. The van der Waals surface area contributed by atoms with E-state index >= 15 is 4.79 Å². The van der Waals surface area contributed by atoms with E-state index in [1.54, 1.807) is 19.2 Å². The Hall–Kier alpha value is -6.94. The van der Waals surface area contributed by atoms with Crippen molar-refractivity contribution in [3.8, 4) is 0 Å². The van der Waals surface area contributed by atoms with Crippen LogP contribution in [0.5, 0.6) is 0 Å². The minimum Gasteiger partial charge on any atom is -0.351 e. The Morgan fingerprint density at radius 2 is 0.934 bits per heavy atom. The highest BCUT2D eigenvalue weighted by Gasteiger charge is 2.41. The summed E-state index contributed by atoms with van der Waals surface area (Å²) in [6.07, 6.45) is 11.5. The van der Waals surface area contributed by atoms with E-state index in [4.69, 9.17) is 22.0 Å². The van der Waals surface area contributed by atoms with Crippen molar-refractivity contribution < 1.29 is 62.4 Å². The normalized spacial score (nSPS) is 16.1. The first kappa shape index (κ1) is 95.1. The zero-order valence-corrected chi connectivity index (χ0v) is 66.7. The smallest absolute Gasteiger partial charge is 0.246 e.